The molecule has 6 heteroatoms. The van der Waals surface area contributed by atoms with Crippen molar-refractivity contribution >= 4 is 33.1 Å². The van der Waals surface area contributed by atoms with Crippen LogP contribution in [0.4, 0.5) is 5.69 Å². The van der Waals surface area contributed by atoms with Crippen LogP contribution in [0.25, 0.3) is 10.2 Å². The van der Waals surface area contributed by atoms with Gasteiger partial charge in [0.2, 0.25) is 0 Å². The number of nitrogens with two attached hydrogens (primary N) is 1. The second-order valence-corrected chi connectivity index (χ2v) is 5.76. The molecular weight excluding hydrogens is 274 g/mol. The minimum absolute atomic E-state index is 0.0606. The van der Waals surface area contributed by atoms with Crippen molar-refractivity contribution in [2.45, 2.75) is 19.3 Å². The SMILES string of the molecule is CN(CCCCCO)C(=O)c1sc2cccnc2c1N. The highest BCUT2D eigenvalue weighted by Crippen LogP contribution is 2.32. The zero-order chi connectivity index (χ0) is 14.5. The quantitative estimate of drug-likeness (QED) is 0.799. The summed E-state index contributed by atoms with van der Waals surface area (Å²) in [6, 6.07) is 3.76. The van der Waals surface area contributed by atoms with Gasteiger partial charge in [-0.05, 0) is 31.4 Å². The molecule has 2 heterocycles. The number of unbranched alkanes of at least 4 members (excludes halogenated alkanes) is 2. The molecule has 3 N–H and O–H groups in total. The molecule has 0 aromatic carbocycles. The third-order valence-corrected chi connectivity index (χ3v) is 4.32. The maximum atomic E-state index is 12.4. The molecule has 20 heavy (non-hydrogen) atoms. The standard InChI is InChI=1S/C14H19N3O2S/c1-17(8-3-2-4-9-18)14(19)13-11(15)12-10(20-13)6-5-7-16-12/h5-7,18H,2-4,8-9,15H2,1H3. The Morgan fingerprint density at radius 3 is 2.95 bits per heavy atom. The first-order chi connectivity index (χ1) is 9.65. The lowest BCUT2D eigenvalue weighted by Crippen LogP contribution is -2.27. The van der Waals surface area contributed by atoms with Crippen LogP contribution in [0.5, 0.6) is 0 Å². The molecule has 0 aliphatic carbocycles. The summed E-state index contributed by atoms with van der Waals surface area (Å²) < 4.78 is 0.932. The molecule has 2 rings (SSSR count). The van der Waals surface area contributed by atoms with E-state index in [4.69, 9.17) is 10.8 Å². The molecule has 0 spiro atoms. The average molecular weight is 293 g/mol. The van der Waals surface area contributed by atoms with Gasteiger partial charge in [-0.2, -0.15) is 0 Å². The van der Waals surface area contributed by atoms with Crippen molar-refractivity contribution in [3.8, 4) is 0 Å². The Labute approximate surface area is 122 Å². The fourth-order valence-electron chi connectivity index (χ4n) is 2.02. The van der Waals surface area contributed by atoms with E-state index in [0.717, 1.165) is 24.0 Å². The molecule has 0 fully saturated rings. The van der Waals surface area contributed by atoms with E-state index >= 15 is 0 Å². The molecule has 0 atom stereocenters. The summed E-state index contributed by atoms with van der Waals surface area (Å²) in [4.78, 5) is 18.8. The van der Waals surface area contributed by atoms with Crippen LogP contribution in [0.15, 0.2) is 18.3 Å². The Bertz CT molecular complexity index is 597. The normalized spacial score (nSPS) is 10.9. The monoisotopic (exact) mass is 293 g/mol. The molecule has 0 unspecified atom stereocenters. The molecule has 0 aliphatic heterocycles. The van der Waals surface area contributed by atoms with E-state index in [1.165, 1.54) is 11.3 Å². The highest BCUT2D eigenvalue weighted by molar-refractivity contribution is 7.21. The number of pyridine rings is 1. The lowest BCUT2D eigenvalue weighted by atomic mass is 10.2. The number of amides is 1. The van der Waals surface area contributed by atoms with Gasteiger partial charge in [-0.1, -0.05) is 0 Å². The van der Waals surface area contributed by atoms with Crippen LogP contribution in [0.1, 0.15) is 28.9 Å². The van der Waals surface area contributed by atoms with Crippen molar-refractivity contribution in [3.05, 3.63) is 23.2 Å². The van der Waals surface area contributed by atoms with Crippen molar-refractivity contribution < 1.29 is 9.90 Å². The number of aliphatic hydroxyl groups is 1. The van der Waals surface area contributed by atoms with Gasteiger partial charge < -0.3 is 15.7 Å². The number of hydrogen-bond donors (Lipinski definition) is 2. The number of aromatic nitrogens is 1. The Morgan fingerprint density at radius 2 is 2.25 bits per heavy atom. The molecule has 5 nitrogen and oxygen atoms in total. The molecule has 0 saturated carbocycles. The minimum atomic E-state index is -0.0606. The Kier molecular flexibility index (Phi) is 4.92. The lowest BCUT2D eigenvalue weighted by Gasteiger charge is -2.16. The fraction of sp³-hybridized carbons (Fsp3) is 0.429. The third-order valence-electron chi connectivity index (χ3n) is 3.18. The summed E-state index contributed by atoms with van der Waals surface area (Å²) in [6.45, 7) is 0.868. The summed E-state index contributed by atoms with van der Waals surface area (Å²) in [5, 5.41) is 8.73. The van der Waals surface area contributed by atoms with Crippen LogP contribution in [0, 0.1) is 0 Å². The third kappa shape index (κ3) is 3.08. The summed E-state index contributed by atoms with van der Waals surface area (Å²) in [6.07, 6.45) is 4.25. The Balaban J connectivity index is 2.08. The fourth-order valence-corrected chi connectivity index (χ4v) is 3.09. The number of fused-ring (bicyclic) bond motifs is 1. The number of nitrogen functional groups attached to an aromatic ring is 1. The predicted octanol–water partition coefficient (Wildman–Crippen LogP) is 2.11. The number of aliphatic hydroxyl groups excluding tert-OH is 1. The molecule has 1 amide bonds. The van der Waals surface area contributed by atoms with Crippen LogP contribution >= 0.6 is 11.3 Å². The second kappa shape index (κ2) is 6.67. The van der Waals surface area contributed by atoms with Gasteiger partial charge in [0.25, 0.3) is 5.91 Å². The number of anilines is 1. The predicted molar refractivity (Wildman–Crippen MR) is 81.9 cm³/mol. The topological polar surface area (TPSA) is 79.5 Å². The lowest BCUT2D eigenvalue weighted by molar-refractivity contribution is 0.0798. The highest BCUT2D eigenvalue weighted by Gasteiger charge is 2.19. The van der Waals surface area contributed by atoms with E-state index in [2.05, 4.69) is 4.98 Å². The van der Waals surface area contributed by atoms with Gasteiger partial charge >= 0.3 is 0 Å². The van der Waals surface area contributed by atoms with E-state index in [1.807, 2.05) is 12.1 Å². The van der Waals surface area contributed by atoms with Crippen LogP contribution < -0.4 is 5.73 Å². The zero-order valence-electron chi connectivity index (χ0n) is 11.5. The van der Waals surface area contributed by atoms with Crippen molar-refractivity contribution in [3.63, 3.8) is 0 Å². The highest BCUT2D eigenvalue weighted by atomic mass is 32.1. The smallest absolute Gasteiger partial charge is 0.265 e. The van der Waals surface area contributed by atoms with E-state index in [1.54, 1.807) is 18.1 Å². The zero-order valence-corrected chi connectivity index (χ0v) is 12.3. The molecule has 108 valence electrons. The second-order valence-electron chi connectivity index (χ2n) is 4.71. The molecular formula is C14H19N3O2S. The number of hydrogen-bond acceptors (Lipinski definition) is 5. The molecule has 0 bridgehead atoms. The van der Waals surface area contributed by atoms with Crippen LogP contribution in [-0.2, 0) is 0 Å². The largest absolute Gasteiger partial charge is 0.396 e. The molecule has 2 aromatic rings. The molecule has 0 saturated heterocycles. The first-order valence-electron chi connectivity index (χ1n) is 6.64. The van der Waals surface area contributed by atoms with Gasteiger partial charge in [0.1, 0.15) is 10.4 Å². The van der Waals surface area contributed by atoms with E-state index in [-0.39, 0.29) is 12.5 Å². The van der Waals surface area contributed by atoms with Crippen molar-refractivity contribution in [2.24, 2.45) is 0 Å². The summed E-state index contributed by atoms with van der Waals surface area (Å²) in [5.41, 5.74) is 7.19. The molecule has 0 aliphatic rings. The molecule has 2 aromatic heterocycles. The van der Waals surface area contributed by atoms with E-state index in [9.17, 15) is 4.79 Å². The number of thiophene rings is 1. The van der Waals surface area contributed by atoms with Gasteiger partial charge in [-0.25, -0.2) is 0 Å². The van der Waals surface area contributed by atoms with Gasteiger partial charge in [0, 0.05) is 26.4 Å². The Morgan fingerprint density at radius 1 is 1.45 bits per heavy atom. The van der Waals surface area contributed by atoms with E-state index in [0.29, 0.717) is 22.6 Å². The van der Waals surface area contributed by atoms with Gasteiger partial charge in [-0.3, -0.25) is 9.78 Å². The first-order valence-corrected chi connectivity index (χ1v) is 7.46. The minimum Gasteiger partial charge on any atom is -0.396 e. The average Bonchev–Trinajstić information content (AvgIpc) is 2.80. The maximum Gasteiger partial charge on any atom is 0.265 e. The molecule has 0 radical (unpaired) electrons. The summed E-state index contributed by atoms with van der Waals surface area (Å²) >= 11 is 1.39. The van der Waals surface area contributed by atoms with Crippen LogP contribution in [0.3, 0.4) is 0 Å². The van der Waals surface area contributed by atoms with Gasteiger partial charge in [0.05, 0.1) is 10.4 Å². The number of carbonyl (C=O) groups is 1. The number of rotatable bonds is 6. The first kappa shape index (κ1) is 14.7. The summed E-state index contributed by atoms with van der Waals surface area (Å²) in [5.74, 6) is -0.0606. The van der Waals surface area contributed by atoms with Crippen molar-refractivity contribution in [1.29, 1.82) is 0 Å². The van der Waals surface area contributed by atoms with Gasteiger partial charge in [0.15, 0.2) is 0 Å². The Hall–Kier alpha value is -1.66. The number of carbonyl (C=O) groups excluding carboxylic acids is 1. The van der Waals surface area contributed by atoms with Crippen molar-refractivity contribution in [1.82, 2.24) is 9.88 Å². The van der Waals surface area contributed by atoms with E-state index < -0.39 is 0 Å². The van der Waals surface area contributed by atoms with Gasteiger partial charge in [-0.15, -0.1) is 11.3 Å². The maximum absolute atomic E-state index is 12.4. The number of nitrogens with zero attached hydrogens (tertiary/aromatic N) is 2. The summed E-state index contributed by atoms with van der Waals surface area (Å²) in [7, 11) is 1.78. The van der Waals surface area contributed by atoms with Crippen molar-refractivity contribution in [2.75, 3.05) is 25.9 Å². The van der Waals surface area contributed by atoms with Crippen LogP contribution in [0.2, 0.25) is 0 Å². The van der Waals surface area contributed by atoms with Crippen LogP contribution in [-0.4, -0.2) is 41.1 Å².